The molecule has 1 aliphatic carbocycles. The molecule has 8 nitrogen and oxygen atoms in total. The standard InChI is InChI=1S/C17H20N2O6/c18-13(20)11-2-4-12(5-3-11)25-7-1-6-19-9-16(14(21)22)8-17(16,10-19)15(23)24/h2-5H,1,6-10H2,(H2,18,20)(H,21,22)(H,23,24)/t16-,17+. The van der Waals surface area contributed by atoms with E-state index < -0.39 is 28.7 Å². The van der Waals surface area contributed by atoms with Gasteiger partial charge in [-0.3, -0.25) is 14.4 Å². The molecular formula is C17H20N2O6. The number of rotatable bonds is 8. The Kier molecular flexibility index (Phi) is 4.16. The number of carbonyl (C=O) groups excluding carboxylic acids is 1. The molecule has 1 aliphatic heterocycles. The summed E-state index contributed by atoms with van der Waals surface area (Å²) in [6.07, 6.45) is 0.854. The normalized spacial score (nSPS) is 27.5. The van der Waals surface area contributed by atoms with Crippen LogP contribution in [0.3, 0.4) is 0 Å². The van der Waals surface area contributed by atoms with E-state index >= 15 is 0 Å². The summed E-state index contributed by atoms with van der Waals surface area (Å²) in [7, 11) is 0. The van der Waals surface area contributed by atoms with Gasteiger partial charge in [-0.15, -0.1) is 0 Å². The van der Waals surface area contributed by atoms with E-state index in [1.54, 1.807) is 24.3 Å². The van der Waals surface area contributed by atoms with Crippen molar-refractivity contribution in [1.82, 2.24) is 4.90 Å². The molecule has 3 rings (SSSR count). The Morgan fingerprint density at radius 1 is 1.08 bits per heavy atom. The quantitative estimate of drug-likeness (QED) is 0.580. The molecule has 4 N–H and O–H groups in total. The van der Waals surface area contributed by atoms with Crippen LogP contribution in [0.1, 0.15) is 23.2 Å². The van der Waals surface area contributed by atoms with E-state index in [1.807, 2.05) is 4.90 Å². The summed E-state index contributed by atoms with van der Waals surface area (Å²) in [6, 6.07) is 6.48. The van der Waals surface area contributed by atoms with Crippen LogP contribution in [0.5, 0.6) is 5.75 Å². The first-order valence-electron chi connectivity index (χ1n) is 8.03. The van der Waals surface area contributed by atoms with E-state index in [4.69, 9.17) is 10.5 Å². The van der Waals surface area contributed by atoms with Crippen LogP contribution >= 0.6 is 0 Å². The number of ether oxygens (including phenoxy) is 1. The zero-order chi connectivity index (χ0) is 18.2. The second kappa shape index (κ2) is 6.03. The van der Waals surface area contributed by atoms with Crippen LogP contribution < -0.4 is 10.5 Å². The summed E-state index contributed by atoms with van der Waals surface area (Å²) in [5.74, 6) is -1.94. The van der Waals surface area contributed by atoms with Gasteiger partial charge in [-0.1, -0.05) is 0 Å². The number of nitrogens with two attached hydrogens (primary N) is 1. The predicted octanol–water partition coefficient (Wildman–Crippen LogP) is 0.416. The van der Waals surface area contributed by atoms with Crippen molar-refractivity contribution in [2.24, 2.45) is 16.6 Å². The summed E-state index contributed by atoms with van der Waals surface area (Å²) in [6.45, 7) is 1.51. The number of benzene rings is 1. The maximum absolute atomic E-state index is 11.5. The molecule has 25 heavy (non-hydrogen) atoms. The monoisotopic (exact) mass is 348 g/mol. The minimum absolute atomic E-state index is 0.212. The summed E-state index contributed by atoms with van der Waals surface area (Å²) in [4.78, 5) is 35.8. The van der Waals surface area contributed by atoms with Gasteiger partial charge in [-0.05, 0) is 37.1 Å². The fourth-order valence-corrected chi connectivity index (χ4v) is 3.75. The number of carboxylic acid groups (broad SMARTS) is 2. The molecule has 2 fully saturated rings. The smallest absolute Gasteiger partial charge is 0.312 e. The van der Waals surface area contributed by atoms with Crippen molar-refractivity contribution in [2.45, 2.75) is 12.8 Å². The van der Waals surface area contributed by atoms with Gasteiger partial charge >= 0.3 is 11.9 Å². The molecule has 8 heteroatoms. The second-order valence-corrected chi connectivity index (χ2v) is 6.75. The van der Waals surface area contributed by atoms with Crippen molar-refractivity contribution in [3.05, 3.63) is 29.8 Å². The van der Waals surface area contributed by atoms with E-state index in [-0.39, 0.29) is 19.5 Å². The lowest BCUT2D eigenvalue weighted by molar-refractivity contribution is -0.151. The summed E-state index contributed by atoms with van der Waals surface area (Å²) >= 11 is 0. The molecule has 0 spiro atoms. The highest BCUT2D eigenvalue weighted by atomic mass is 16.5. The van der Waals surface area contributed by atoms with Gasteiger partial charge in [0.15, 0.2) is 0 Å². The number of nitrogens with zero attached hydrogens (tertiary/aromatic N) is 1. The number of carbonyl (C=O) groups is 3. The molecule has 0 bridgehead atoms. The fourth-order valence-electron chi connectivity index (χ4n) is 3.75. The Bertz CT molecular complexity index is 690. The average molecular weight is 348 g/mol. The minimum Gasteiger partial charge on any atom is -0.494 e. The van der Waals surface area contributed by atoms with E-state index in [9.17, 15) is 24.6 Å². The molecule has 1 aromatic rings. The molecule has 1 heterocycles. The molecule has 1 saturated heterocycles. The zero-order valence-electron chi connectivity index (χ0n) is 13.6. The van der Waals surface area contributed by atoms with Crippen LogP contribution in [0.15, 0.2) is 24.3 Å². The third kappa shape index (κ3) is 2.82. The van der Waals surface area contributed by atoms with Crippen LogP contribution in [-0.2, 0) is 9.59 Å². The summed E-state index contributed by atoms with van der Waals surface area (Å²) in [5, 5.41) is 18.8. The van der Waals surface area contributed by atoms with Crippen LogP contribution in [0.2, 0.25) is 0 Å². The third-order valence-corrected chi connectivity index (χ3v) is 5.23. The number of hydrogen-bond acceptors (Lipinski definition) is 5. The number of carboxylic acids is 2. The maximum atomic E-state index is 11.5. The highest BCUT2D eigenvalue weighted by molar-refractivity contribution is 5.94. The third-order valence-electron chi connectivity index (χ3n) is 5.23. The largest absolute Gasteiger partial charge is 0.494 e. The Morgan fingerprint density at radius 2 is 1.64 bits per heavy atom. The average Bonchev–Trinajstić information content (AvgIpc) is 3.11. The number of fused-ring (bicyclic) bond motifs is 1. The van der Waals surface area contributed by atoms with E-state index in [2.05, 4.69) is 0 Å². The molecule has 134 valence electrons. The Labute approximate surface area is 144 Å². The minimum atomic E-state index is -1.13. The van der Waals surface area contributed by atoms with Crippen LogP contribution in [0.4, 0.5) is 0 Å². The SMILES string of the molecule is NC(=O)c1ccc(OCCCN2C[C@@]3(C(=O)O)C[C@@]3(C(=O)O)C2)cc1. The van der Waals surface area contributed by atoms with Gasteiger partial charge < -0.3 is 25.6 Å². The van der Waals surface area contributed by atoms with Crippen molar-refractivity contribution in [2.75, 3.05) is 26.2 Å². The predicted molar refractivity (Wildman–Crippen MR) is 86.3 cm³/mol. The first-order valence-corrected chi connectivity index (χ1v) is 8.03. The number of hydrogen-bond donors (Lipinski definition) is 3. The molecule has 0 radical (unpaired) electrons. The first-order chi connectivity index (χ1) is 11.8. The van der Waals surface area contributed by atoms with Crippen molar-refractivity contribution >= 4 is 17.8 Å². The lowest BCUT2D eigenvalue weighted by Crippen LogP contribution is -2.30. The molecule has 1 aromatic carbocycles. The lowest BCUT2D eigenvalue weighted by atomic mass is 9.97. The molecule has 2 aliphatic rings. The number of likely N-dealkylation sites (tertiary alicyclic amines) is 1. The molecule has 1 amide bonds. The van der Waals surface area contributed by atoms with Crippen LogP contribution in [0.25, 0.3) is 0 Å². The van der Waals surface area contributed by atoms with Gasteiger partial charge in [0.05, 0.1) is 17.4 Å². The Balaban J connectivity index is 1.47. The van der Waals surface area contributed by atoms with Gasteiger partial charge in [-0.25, -0.2) is 0 Å². The number of amides is 1. The molecule has 0 aromatic heterocycles. The first kappa shape index (κ1) is 17.2. The number of piperidine rings is 1. The highest BCUT2D eigenvalue weighted by Gasteiger charge is 2.80. The van der Waals surface area contributed by atoms with E-state index in [0.717, 1.165) is 0 Å². The number of aliphatic carboxylic acids is 2. The van der Waals surface area contributed by atoms with Gasteiger partial charge in [0.1, 0.15) is 5.75 Å². The maximum Gasteiger partial charge on any atom is 0.312 e. The highest BCUT2D eigenvalue weighted by Crippen LogP contribution is 2.68. The van der Waals surface area contributed by atoms with Crippen molar-refractivity contribution in [3.63, 3.8) is 0 Å². The molecule has 1 saturated carbocycles. The van der Waals surface area contributed by atoms with E-state index in [1.165, 1.54) is 0 Å². The topological polar surface area (TPSA) is 130 Å². The van der Waals surface area contributed by atoms with Gasteiger partial charge in [0.2, 0.25) is 5.91 Å². The fraction of sp³-hybridized carbons (Fsp3) is 0.471. The van der Waals surface area contributed by atoms with Crippen molar-refractivity contribution < 1.29 is 29.3 Å². The second-order valence-electron chi connectivity index (χ2n) is 6.75. The molecule has 2 atom stereocenters. The van der Waals surface area contributed by atoms with Gasteiger partial charge in [0.25, 0.3) is 0 Å². The Morgan fingerprint density at radius 3 is 2.12 bits per heavy atom. The molecule has 0 unspecified atom stereocenters. The molecular weight excluding hydrogens is 328 g/mol. The van der Waals surface area contributed by atoms with E-state index in [0.29, 0.717) is 30.9 Å². The van der Waals surface area contributed by atoms with Crippen LogP contribution in [-0.4, -0.2) is 59.2 Å². The van der Waals surface area contributed by atoms with Crippen LogP contribution in [0, 0.1) is 10.8 Å². The van der Waals surface area contributed by atoms with Gasteiger partial charge in [-0.2, -0.15) is 0 Å². The van der Waals surface area contributed by atoms with Gasteiger partial charge in [0, 0.05) is 25.2 Å². The summed E-state index contributed by atoms with van der Waals surface area (Å²) < 4.78 is 5.57. The Hall–Kier alpha value is -2.61. The van der Waals surface area contributed by atoms with Crippen molar-refractivity contribution in [1.29, 1.82) is 0 Å². The summed E-state index contributed by atoms with van der Waals surface area (Å²) in [5.41, 5.74) is 3.30. The van der Waals surface area contributed by atoms with Crippen molar-refractivity contribution in [3.8, 4) is 5.75 Å². The zero-order valence-corrected chi connectivity index (χ0v) is 13.6. The number of primary amides is 1. The lowest BCUT2D eigenvalue weighted by Gasteiger charge is -2.19.